The van der Waals surface area contributed by atoms with Gasteiger partial charge in [-0.15, -0.1) is 0 Å². The molecule has 1 heteroatoms. The number of rotatable bonds is 6. The van der Waals surface area contributed by atoms with Crippen LogP contribution in [-0.2, 0) is 0 Å². The summed E-state index contributed by atoms with van der Waals surface area (Å²) in [5.41, 5.74) is 0. The van der Waals surface area contributed by atoms with Crippen molar-refractivity contribution < 1.29 is 0 Å². The van der Waals surface area contributed by atoms with Crippen molar-refractivity contribution in [3.8, 4) is 0 Å². The van der Waals surface area contributed by atoms with Gasteiger partial charge in [-0.3, -0.25) is 0 Å². The van der Waals surface area contributed by atoms with Crippen molar-refractivity contribution in [3.05, 3.63) is 6.42 Å². The Balaban J connectivity index is 2.89. The first-order valence-electron chi connectivity index (χ1n) is 4.31. The van der Waals surface area contributed by atoms with Gasteiger partial charge < -0.3 is 4.90 Å². The van der Waals surface area contributed by atoms with E-state index in [1.54, 1.807) is 0 Å². The molecule has 0 rings (SSSR count). The minimum Gasteiger partial charge on any atom is -0.307 e. The summed E-state index contributed by atoms with van der Waals surface area (Å²) in [5.74, 6) is 0. The third-order valence-corrected chi connectivity index (χ3v) is 1.75. The molecule has 0 aromatic heterocycles. The number of nitrogens with zero attached hydrogens (tertiary/aromatic N) is 1. The van der Waals surface area contributed by atoms with Gasteiger partial charge in [-0.25, -0.2) is 0 Å². The van der Waals surface area contributed by atoms with Crippen LogP contribution in [0.25, 0.3) is 0 Å². The first-order chi connectivity index (χ1) is 4.81. The molecule has 0 saturated carbocycles. The lowest BCUT2D eigenvalue weighted by molar-refractivity contribution is 0.354. The van der Waals surface area contributed by atoms with Crippen LogP contribution in [0.3, 0.4) is 0 Å². The van der Waals surface area contributed by atoms with Gasteiger partial charge in [-0.2, -0.15) is 0 Å². The Labute approximate surface area is 65.4 Å². The largest absolute Gasteiger partial charge is 0.307 e. The summed E-state index contributed by atoms with van der Waals surface area (Å²) in [6, 6.07) is 0. The molecule has 0 saturated heterocycles. The summed E-state index contributed by atoms with van der Waals surface area (Å²) in [7, 11) is 2.17. The molecule has 1 nitrogen and oxygen atoms in total. The van der Waals surface area contributed by atoms with Gasteiger partial charge in [-0.05, 0) is 33.0 Å². The Morgan fingerprint density at radius 1 is 1.20 bits per heavy atom. The molecule has 0 unspecified atom stereocenters. The molecule has 0 N–H and O–H groups in total. The van der Waals surface area contributed by atoms with E-state index in [4.69, 9.17) is 0 Å². The van der Waals surface area contributed by atoms with Crippen molar-refractivity contribution in [2.24, 2.45) is 0 Å². The van der Waals surface area contributed by atoms with Crippen molar-refractivity contribution in [1.82, 2.24) is 4.90 Å². The zero-order chi connectivity index (χ0) is 7.82. The minimum atomic E-state index is 1.17. The average molecular weight is 142 g/mol. The highest BCUT2D eigenvalue weighted by Crippen LogP contribution is 1.97. The quantitative estimate of drug-likeness (QED) is 0.514. The van der Waals surface area contributed by atoms with Crippen molar-refractivity contribution in [2.75, 3.05) is 20.1 Å². The van der Waals surface area contributed by atoms with E-state index in [0.717, 1.165) is 0 Å². The maximum absolute atomic E-state index is 2.38. The van der Waals surface area contributed by atoms with Gasteiger partial charge in [0.1, 0.15) is 0 Å². The molecule has 0 aromatic rings. The van der Waals surface area contributed by atoms with E-state index < -0.39 is 0 Å². The number of hydrogen-bond donors (Lipinski definition) is 0. The van der Waals surface area contributed by atoms with Crippen LogP contribution < -0.4 is 0 Å². The van der Waals surface area contributed by atoms with Crippen molar-refractivity contribution >= 4 is 0 Å². The molecule has 61 valence electrons. The van der Waals surface area contributed by atoms with Crippen molar-refractivity contribution in [1.29, 1.82) is 0 Å². The molecule has 1 radical (unpaired) electrons. The average Bonchev–Trinajstić information content (AvgIpc) is 1.98. The van der Waals surface area contributed by atoms with E-state index in [0.29, 0.717) is 0 Å². The predicted molar refractivity (Wildman–Crippen MR) is 47.0 cm³/mol. The summed E-state index contributed by atoms with van der Waals surface area (Å²) in [6.45, 7) is 6.80. The Morgan fingerprint density at radius 3 is 2.40 bits per heavy atom. The van der Waals surface area contributed by atoms with E-state index >= 15 is 0 Å². The fraction of sp³-hybridized carbons (Fsp3) is 0.889. The van der Waals surface area contributed by atoms with Crippen molar-refractivity contribution in [2.45, 2.75) is 33.1 Å². The summed E-state index contributed by atoms with van der Waals surface area (Å²) >= 11 is 0. The highest BCUT2D eigenvalue weighted by Gasteiger charge is 1.92. The van der Waals surface area contributed by atoms with Crippen LogP contribution in [0.15, 0.2) is 0 Å². The van der Waals surface area contributed by atoms with Gasteiger partial charge in [0.05, 0.1) is 0 Å². The highest BCUT2D eigenvalue weighted by molar-refractivity contribution is 4.65. The molecule has 10 heavy (non-hydrogen) atoms. The van der Waals surface area contributed by atoms with Crippen LogP contribution in [-0.4, -0.2) is 25.0 Å². The summed E-state index contributed by atoms with van der Waals surface area (Å²) < 4.78 is 0. The second kappa shape index (κ2) is 7.07. The lowest BCUT2D eigenvalue weighted by Gasteiger charge is -2.12. The standard InChI is InChI=1S/C9H20N/c1-4-6-7-8-9-10(3)5-2/h7H,4-6,8-9H2,1-3H3. The maximum atomic E-state index is 2.38. The van der Waals surface area contributed by atoms with Gasteiger partial charge in [0, 0.05) is 0 Å². The van der Waals surface area contributed by atoms with E-state index in [-0.39, 0.29) is 0 Å². The zero-order valence-corrected chi connectivity index (χ0v) is 7.56. The molecule has 0 aromatic carbocycles. The SMILES string of the molecule is CCC[CH]CCN(C)CC. The zero-order valence-electron chi connectivity index (χ0n) is 7.56. The third-order valence-electron chi connectivity index (χ3n) is 1.75. The Kier molecular flexibility index (Phi) is 7.04. The Morgan fingerprint density at radius 2 is 1.90 bits per heavy atom. The lowest BCUT2D eigenvalue weighted by Crippen LogP contribution is -2.18. The molecule has 0 aliphatic heterocycles. The van der Waals surface area contributed by atoms with E-state index in [1.807, 2.05) is 0 Å². The molecule has 0 atom stereocenters. The number of unbranched alkanes of at least 4 members (excludes halogenated alkanes) is 3. The highest BCUT2D eigenvalue weighted by atomic mass is 15.1. The Hall–Kier alpha value is -0.0400. The van der Waals surface area contributed by atoms with Crippen molar-refractivity contribution in [3.63, 3.8) is 0 Å². The van der Waals surface area contributed by atoms with Crippen LogP contribution in [0.4, 0.5) is 0 Å². The molecule has 0 amide bonds. The van der Waals surface area contributed by atoms with E-state index in [2.05, 4.69) is 32.2 Å². The first-order valence-corrected chi connectivity index (χ1v) is 4.31. The van der Waals surface area contributed by atoms with Gasteiger partial charge in [0.15, 0.2) is 0 Å². The normalized spacial score (nSPS) is 10.8. The second-order valence-electron chi connectivity index (χ2n) is 2.76. The van der Waals surface area contributed by atoms with Crippen LogP contribution in [0.1, 0.15) is 33.1 Å². The summed E-state index contributed by atoms with van der Waals surface area (Å²) in [4.78, 5) is 2.34. The Bertz CT molecular complexity index is 61.7. The number of hydrogen-bond acceptors (Lipinski definition) is 1. The van der Waals surface area contributed by atoms with Crippen LogP contribution >= 0.6 is 0 Å². The molecule has 0 fully saturated rings. The van der Waals surface area contributed by atoms with Gasteiger partial charge in [0.2, 0.25) is 0 Å². The fourth-order valence-electron chi connectivity index (χ4n) is 0.818. The lowest BCUT2D eigenvalue weighted by atomic mass is 10.2. The predicted octanol–water partition coefficient (Wildman–Crippen LogP) is 2.33. The van der Waals surface area contributed by atoms with Crippen LogP contribution in [0, 0.1) is 6.42 Å². The van der Waals surface area contributed by atoms with Gasteiger partial charge in [-0.1, -0.05) is 26.7 Å². The second-order valence-corrected chi connectivity index (χ2v) is 2.76. The van der Waals surface area contributed by atoms with E-state index in [1.165, 1.54) is 32.4 Å². The smallest absolute Gasteiger partial charge is 0.00192 e. The van der Waals surface area contributed by atoms with Crippen LogP contribution in [0.2, 0.25) is 0 Å². The monoisotopic (exact) mass is 142 g/mol. The third kappa shape index (κ3) is 6.09. The summed E-state index contributed by atoms with van der Waals surface area (Å²) in [6.07, 6.45) is 6.19. The molecule has 0 aliphatic rings. The molecular weight excluding hydrogens is 122 g/mol. The summed E-state index contributed by atoms with van der Waals surface area (Å²) in [5, 5.41) is 0. The van der Waals surface area contributed by atoms with Crippen LogP contribution in [0.5, 0.6) is 0 Å². The minimum absolute atomic E-state index is 1.17. The molecule has 0 aliphatic carbocycles. The fourth-order valence-corrected chi connectivity index (χ4v) is 0.818. The molecule has 0 heterocycles. The van der Waals surface area contributed by atoms with Gasteiger partial charge >= 0.3 is 0 Å². The maximum Gasteiger partial charge on any atom is -0.00192 e. The van der Waals surface area contributed by atoms with E-state index in [9.17, 15) is 0 Å². The van der Waals surface area contributed by atoms with Gasteiger partial charge in [0.25, 0.3) is 0 Å². The molecule has 0 bridgehead atoms. The topological polar surface area (TPSA) is 3.24 Å². The molecule has 0 spiro atoms. The molecular formula is C9H20N. The first kappa shape index (κ1) is 9.96.